The Kier molecular flexibility index (Phi) is 4.12. The van der Waals surface area contributed by atoms with Crippen LogP contribution >= 0.6 is 0 Å². The molecule has 0 saturated heterocycles. The summed E-state index contributed by atoms with van der Waals surface area (Å²) < 4.78 is 8.40. The van der Waals surface area contributed by atoms with E-state index in [9.17, 15) is 14.7 Å². The largest absolute Gasteiger partial charge is 0.420 e. The van der Waals surface area contributed by atoms with Crippen molar-refractivity contribution < 1.29 is 14.3 Å². The van der Waals surface area contributed by atoms with Gasteiger partial charge in [0.05, 0.1) is 29.6 Å². The highest BCUT2D eigenvalue weighted by Crippen LogP contribution is 2.18. The van der Waals surface area contributed by atoms with Gasteiger partial charge in [-0.2, -0.15) is 5.10 Å². The van der Waals surface area contributed by atoms with E-state index < -0.39 is 11.9 Å². The Balaban J connectivity index is 1.57. The van der Waals surface area contributed by atoms with E-state index in [1.54, 1.807) is 36.1 Å². The molecule has 0 fully saturated rings. The molecule has 4 rings (SSSR count). The number of hydrogen-bond donors (Lipinski definition) is 1. The number of amides is 1. The lowest BCUT2D eigenvalue weighted by molar-refractivity contribution is -0.132. The van der Waals surface area contributed by atoms with Crippen LogP contribution in [0.2, 0.25) is 0 Å². The Hall–Kier alpha value is -2.87. The second-order valence-electron chi connectivity index (χ2n) is 6.55. The van der Waals surface area contributed by atoms with Gasteiger partial charge in [0.25, 0.3) is 0 Å². The highest BCUT2D eigenvalue weighted by molar-refractivity contribution is 5.79. The van der Waals surface area contributed by atoms with Crippen molar-refractivity contribution in [1.29, 1.82) is 0 Å². The molecule has 0 aliphatic carbocycles. The first-order chi connectivity index (χ1) is 12.5. The summed E-state index contributed by atoms with van der Waals surface area (Å²) in [7, 11) is 0. The molecule has 0 radical (unpaired) electrons. The molecule has 3 heterocycles. The average molecular weight is 356 g/mol. The summed E-state index contributed by atoms with van der Waals surface area (Å²) in [4.78, 5) is 26.6. The van der Waals surface area contributed by atoms with Crippen molar-refractivity contribution in [3.8, 4) is 0 Å². The standard InChI is InChI=1S/C18H20N4O4/c1-12(23)14-9-13-10-20(7-4-8-22(13)19-14)17(24)11-21-15-5-2-3-6-16(15)26-18(21)25/h2-3,5-6,9,12,23H,4,7-8,10-11H2,1H3/t12-/m0/s1. The lowest BCUT2D eigenvalue weighted by Crippen LogP contribution is -2.35. The molecule has 1 atom stereocenters. The second-order valence-corrected chi connectivity index (χ2v) is 6.55. The molecule has 1 aliphatic heterocycles. The quantitative estimate of drug-likeness (QED) is 0.763. The van der Waals surface area contributed by atoms with Crippen LogP contribution in [0, 0.1) is 0 Å². The van der Waals surface area contributed by atoms with Gasteiger partial charge in [0.2, 0.25) is 5.91 Å². The fourth-order valence-electron chi connectivity index (χ4n) is 3.30. The van der Waals surface area contributed by atoms with E-state index in [0.29, 0.717) is 36.4 Å². The van der Waals surface area contributed by atoms with Crippen molar-refractivity contribution in [1.82, 2.24) is 19.2 Å². The fraction of sp³-hybridized carbons (Fsp3) is 0.389. The molecule has 0 saturated carbocycles. The smallest absolute Gasteiger partial charge is 0.408 e. The summed E-state index contributed by atoms with van der Waals surface area (Å²) in [5.41, 5.74) is 2.57. The number of carbonyl (C=O) groups excluding carboxylic acids is 1. The van der Waals surface area contributed by atoms with Crippen LogP contribution in [0.1, 0.15) is 30.8 Å². The van der Waals surface area contributed by atoms with Gasteiger partial charge in [-0.3, -0.25) is 14.0 Å². The van der Waals surface area contributed by atoms with Gasteiger partial charge in [-0.25, -0.2) is 4.79 Å². The van der Waals surface area contributed by atoms with Gasteiger partial charge in [0.15, 0.2) is 5.58 Å². The number of fused-ring (bicyclic) bond motifs is 2. The molecule has 1 aliphatic rings. The summed E-state index contributed by atoms with van der Waals surface area (Å²) in [6.07, 6.45) is 0.121. The van der Waals surface area contributed by atoms with E-state index in [0.717, 1.165) is 12.1 Å². The van der Waals surface area contributed by atoms with Crippen LogP contribution in [0.25, 0.3) is 11.1 Å². The molecule has 3 aromatic rings. The zero-order chi connectivity index (χ0) is 18.3. The molecule has 0 bridgehead atoms. The van der Waals surface area contributed by atoms with Crippen LogP contribution in [-0.2, 0) is 24.4 Å². The number of aliphatic hydroxyl groups excluding tert-OH is 1. The number of rotatable bonds is 3. The van der Waals surface area contributed by atoms with Crippen LogP contribution in [0.15, 0.2) is 39.5 Å². The van der Waals surface area contributed by atoms with E-state index >= 15 is 0 Å². The normalized spacial score (nSPS) is 15.7. The highest BCUT2D eigenvalue weighted by Gasteiger charge is 2.23. The maximum Gasteiger partial charge on any atom is 0.420 e. The highest BCUT2D eigenvalue weighted by atomic mass is 16.4. The van der Waals surface area contributed by atoms with Crippen molar-refractivity contribution in [2.24, 2.45) is 0 Å². The minimum absolute atomic E-state index is 0.0623. The van der Waals surface area contributed by atoms with Crippen LogP contribution in [0.4, 0.5) is 0 Å². The van der Waals surface area contributed by atoms with E-state index in [4.69, 9.17) is 4.42 Å². The molecule has 0 spiro atoms. The van der Waals surface area contributed by atoms with E-state index in [-0.39, 0.29) is 12.5 Å². The molecular formula is C18H20N4O4. The van der Waals surface area contributed by atoms with Gasteiger partial charge in [-0.05, 0) is 31.5 Å². The zero-order valence-electron chi connectivity index (χ0n) is 14.5. The summed E-state index contributed by atoms with van der Waals surface area (Å²) in [6, 6.07) is 8.89. The van der Waals surface area contributed by atoms with Crippen molar-refractivity contribution in [3.63, 3.8) is 0 Å². The van der Waals surface area contributed by atoms with E-state index in [1.807, 2.05) is 10.7 Å². The Labute approximate surface area is 149 Å². The number of hydrogen-bond acceptors (Lipinski definition) is 5. The third kappa shape index (κ3) is 2.92. The van der Waals surface area contributed by atoms with Crippen LogP contribution < -0.4 is 5.76 Å². The number of carbonyl (C=O) groups is 1. The van der Waals surface area contributed by atoms with Crippen LogP contribution in [0.5, 0.6) is 0 Å². The lowest BCUT2D eigenvalue weighted by Gasteiger charge is -2.20. The molecule has 1 N–H and O–H groups in total. The van der Waals surface area contributed by atoms with Crippen molar-refractivity contribution in [2.75, 3.05) is 6.54 Å². The number of aromatic nitrogens is 3. The Morgan fingerprint density at radius 1 is 1.35 bits per heavy atom. The first-order valence-corrected chi connectivity index (χ1v) is 8.64. The molecule has 1 aromatic carbocycles. The van der Waals surface area contributed by atoms with Gasteiger partial charge in [0, 0.05) is 13.1 Å². The molecule has 26 heavy (non-hydrogen) atoms. The van der Waals surface area contributed by atoms with E-state index in [1.165, 1.54) is 4.57 Å². The number of aliphatic hydroxyl groups is 1. The Morgan fingerprint density at radius 2 is 2.15 bits per heavy atom. The Morgan fingerprint density at radius 3 is 2.96 bits per heavy atom. The SMILES string of the molecule is C[C@H](O)c1cc2n(n1)CCCN(C(=O)Cn1c(=O)oc3ccccc31)C2. The molecule has 0 unspecified atom stereocenters. The topological polar surface area (TPSA) is 93.5 Å². The monoisotopic (exact) mass is 356 g/mol. The van der Waals surface area contributed by atoms with E-state index in [2.05, 4.69) is 5.10 Å². The van der Waals surface area contributed by atoms with Gasteiger partial charge >= 0.3 is 5.76 Å². The predicted octanol–water partition coefficient (Wildman–Crippen LogP) is 1.28. The van der Waals surface area contributed by atoms with Crippen molar-refractivity contribution in [3.05, 3.63) is 52.3 Å². The van der Waals surface area contributed by atoms with Crippen molar-refractivity contribution in [2.45, 2.75) is 39.1 Å². The first kappa shape index (κ1) is 16.6. The molecule has 1 amide bonds. The third-order valence-electron chi connectivity index (χ3n) is 4.68. The average Bonchev–Trinajstić information content (AvgIpc) is 3.09. The maximum atomic E-state index is 12.8. The lowest BCUT2D eigenvalue weighted by atomic mass is 10.2. The number of oxazole rings is 1. The fourth-order valence-corrected chi connectivity index (χ4v) is 3.30. The molecular weight excluding hydrogens is 336 g/mol. The van der Waals surface area contributed by atoms with Crippen LogP contribution in [0.3, 0.4) is 0 Å². The minimum atomic E-state index is -0.644. The van der Waals surface area contributed by atoms with Gasteiger partial charge < -0.3 is 14.4 Å². The van der Waals surface area contributed by atoms with Gasteiger partial charge in [0.1, 0.15) is 6.54 Å². The van der Waals surface area contributed by atoms with Gasteiger partial charge in [-0.15, -0.1) is 0 Å². The molecule has 8 heteroatoms. The molecule has 136 valence electrons. The summed E-state index contributed by atoms with van der Waals surface area (Å²) in [5.74, 6) is -0.678. The van der Waals surface area contributed by atoms with Gasteiger partial charge in [-0.1, -0.05) is 12.1 Å². The molecule has 2 aromatic heterocycles. The first-order valence-electron chi connectivity index (χ1n) is 8.64. The summed E-state index contributed by atoms with van der Waals surface area (Å²) in [6.45, 7) is 3.30. The summed E-state index contributed by atoms with van der Waals surface area (Å²) in [5, 5.41) is 14.1. The third-order valence-corrected chi connectivity index (χ3v) is 4.68. The zero-order valence-corrected chi connectivity index (χ0v) is 14.5. The minimum Gasteiger partial charge on any atom is -0.408 e. The number of nitrogens with zero attached hydrogens (tertiary/aromatic N) is 4. The summed E-state index contributed by atoms with van der Waals surface area (Å²) >= 11 is 0. The number of para-hydroxylation sites is 2. The van der Waals surface area contributed by atoms with Crippen molar-refractivity contribution >= 4 is 17.0 Å². The molecule has 8 nitrogen and oxygen atoms in total. The Bertz CT molecular complexity index is 1010. The van der Waals surface area contributed by atoms with Crippen LogP contribution in [-0.4, -0.2) is 36.8 Å². The second kappa shape index (κ2) is 6.45. The predicted molar refractivity (Wildman–Crippen MR) is 93.4 cm³/mol. The number of aryl methyl sites for hydroxylation is 1. The maximum absolute atomic E-state index is 12.8. The number of benzene rings is 1.